The molecule has 29 heavy (non-hydrogen) atoms. The third-order valence-corrected chi connectivity index (χ3v) is 6.50. The summed E-state index contributed by atoms with van der Waals surface area (Å²) < 4.78 is 26.2. The van der Waals surface area contributed by atoms with Crippen molar-refractivity contribution >= 4 is 22.4 Å². The van der Waals surface area contributed by atoms with Crippen molar-refractivity contribution < 1.29 is 23.1 Å². The fraction of sp³-hybridized carbons (Fsp3) is 0.368. The molecule has 0 bridgehead atoms. The normalized spacial score (nSPS) is 23.8. The van der Waals surface area contributed by atoms with Gasteiger partial charge in [0, 0.05) is 31.7 Å². The molecule has 2 aromatic rings. The molecule has 4 rings (SSSR count). The molecule has 0 spiro atoms. The number of sulfonamides is 1. The number of rotatable bonds is 3. The molecular formula is C19H22N4O5S. The van der Waals surface area contributed by atoms with Crippen LogP contribution in [0.4, 0.5) is 0 Å². The Bertz CT molecular complexity index is 955. The summed E-state index contributed by atoms with van der Waals surface area (Å²) in [5, 5.41) is 14.6. The Morgan fingerprint density at radius 2 is 1.83 bits per heavy atom. The molecule has 2 aliphatic heterocycles. The van der Waals surface area contributed by atoms with Crippen molar-refractivity contribution in [3.8, 4) is 0 Å². The van der Waals surface area contributed by atoms with Gasteiger partial charge >= 0.3 is 0 Å². The summed E-state index contributed by atoms with van der Waals surface area (Å²) >= 11 is 0. The fourth-order valence-corrected chi connectivity index (χ4v) is 5.31. The molecular weight excluding hydrogens is 396 g/mol. The van der Waals surface area contributed by atoms with Crippen LogP contribution < -0.4 is 0 Å². The third-order valence-electron chi connectivity index (χ3n) is 5.27. The van der Waals surface area contributed by atoms with Gasteiger partial charge in [0.15, 0.2) is 5.69 Å². The lowest BCUT2D eigenvalue weighted by Gasteiger charge is -2.28. The molecule has 0 radical (unpaired) electrons. The summed E-state index contributed by atoms with van der Waals surface area (Å²) in [6, 6.07) is 12.8. The second-order valence-corrected chi connectivity index (χ2v) is 8.97. The van der Waals surface area contributed by atoms with E-state index in [1.165, 1.54) is 12.5 Å². The van der Waals surface area contributed by atoms with Gasteiger partial charge in [-0.25, -0.2) is 8.42 Å². The van der Waals surface area contributed by atoms with Gasteiger partial charge in [-0.1, -0.05) is 30.3 Å². The highest BCUT2D eigenvalue weighted by Gasteiger charge is 2.51. The van der Waals surface area contributed by atoms with Crippen LogP contribution in [0.1, 0.15) is 22.1 Å². The van der Waals surface area contributed by atoms with E-state index in [4.69, 9.17) is 9.90 Å². The predicted octanol–water partition coefficient (Wildman–Crippen LogP) is 0.882. The molecule has 3 atom stereocenters. The predicted molar refractivity (Wildman–Crippen MR) is 104 cm³/mol. The van der Waals surface area contributed by atoms with E-state index in [9.17, 15) is 13.2 Å². The molecule has 154 valence electrons. The molecule has 10 heteroatoms. The lowest BCUT2D eigenvalue weighted by Crippen LogP contribution is -2.37. The largest absolute Gasteiger partial charge is 0.483 e. The summed E-state index contributed by atoms with van der Waals surface area (Å²) in [6.45, 7) is 1.24. The summed E-state index contributed by atoms with van der Waals surface area (Å²) in [4.78, 5) is 22.8. The van der Waals surface area contributed by atoms with E-state index in [1.54, 1.807) is 21.3 Å². The second kappa shape index (κ2) is 8.66. The third kappa shape index (κ3) is 4.43. The number of likely N-dealkylation sites (tertiary alicyclic amines) is 1. The van der Waals surface area contributed by atoms with Crippen LogP contribution in [0.3, 0.4) is 0 Å². The maximum Gasteiger partial charge on any atom is 0.290 e. The van der Waals surface area contributed by atoms with Crippen LogP contribution >= 0.6 is 0 Å². The first kappa shape index (κ1) is 20.9. The summed E-state index contributed by atoms with van der Waals surface area (Å²) in [6.07, 6.45) is 2.79. The van der Waals surface area contributed by atoms with Gasteiger partial charge < -0.3 is 10.0 Å². The highest BCUT2D eigenvalue weighted by molar-refractivity contribution is 7.88. The maximum atomic E-state index is 12.7. The zero-order valence-electron chi connectivity index (χ0n) is 15.8. The number of benzene rings is 1. The van der Waals surface area contributed by atoms with Crippen LogP contribution in [0.2, 0.25) is 0 Å². The first-order valence-electron chi connectivity index (χ1n) is 9.03. The van der Waals surface area contributed by atoms with Gasteiger partial charge in [-0.05, 0) is 23.6 Å². The van der Waals surface area contributed by atoms with Crippen LogP contribution in [0.15, 0.2) is 48.7 Å². The number of carbonyl (C=O) groups is 2. The van der Waals surface area contributed by atoms with E-state index in [2.05, 4.69) is 10.2 Å². The number of hydrogen-bond donors (Lipinski definition) is 1. The minimum absolute atomic E-state index is 0.0766. The molecule has 1 aromatic heterocycles. The average molecular weight is 418 g/mol. The quantitative estimate of drug-likeness (QED) is 0.735. The Morgan fingerprint density at radius 3 is 2.41 bits per heavy atom. The van der Waals surface area contributed by atoms with Crippen LogP contribution in [0, 0.1) is 11.8 Å². The van der Waals surface area contributed by atoms with Crippen LogP contribution in [0.25, 0.3) is 0 Å². The SMILES string of the molecule is CS(=O)(=O)N1C[C@H]2CN(C(=O)c3cccnn3)C[C@H]2[C@@H]1c1ccccc1.O=CO. The van der Waals surface area contributed by atoms with E-state index in [0.717, 1.165) is 5.56 Å². The van der Waals surface area contributed by atoms with E-state index >= 15 is 0 Å². The Morgan fingerprint density at radius 1 is 1.14 bits per heavy atom. The Kier molecular flexibility index (Phi) is 6.23. The summed E-state index contributed by atoms with van der Waals surface area (Å²) in [5.74, 6) is 0.0496. The second-order valence-electron chi connectivity index (χ2n) is 7.04. The summed E-state index contributed by atoms with van der Waals surface area (Å²) in [5.41, 5.74) is 1.29. The van der Waals surface area contributed by atoms with Gasteiger partial charge in [0.05, 0.1) is 12.3 Å². The van der Waals surface area contributed by atoms with Gasteiger partial charge in [0.25, 0.3) is 12.4 Å². The smallest absolute Gasteiger partial charge is 0.290 e. The Hall–Kier alpha value is -2.85. The highest BCUT2D eigenvalue weighted by atomic mass is 32.2. The van der Waals surface area contributed by atoms with Crippen molar-refractivity contribution in [2.45, 2.75) is 6.04 Å². The van der Waals surface area contributed by atoms with E-state index in [-0.39, 0.29) is 30.3 Å². The highest BCUT2D eigenvalue weighted by Crippen LogP contribution is 2.46. The van der Waals surface area contributed by atoms with Gasteiger partial charge in [0.2, 0.25) is 10.0 Å². The number of fused-ring (bicyclic) bond motifs is 1. The topological polar surface area (TPSA) is 121 Å². The molecule has 1 amide bonds. The zero-order valence-corrected chi connectivity index (χ0v) is 16.6. The fourth-order valence-electron chi connectivity index (χ4n) is 4.15. The van der Waals surface area contributed by atoms with Gasteiger partial charge in [-0.2, -0.15) is 9.40 Å². The van der Waals surface area contributed by atoms with Gasteiger partial charge in [-0.3, -0.25) is 9.59 Å². The monoisotopic (exact) mass is 418 g/mol. The number of carbonyl (C=O) groups excluding carboxylic acids is 1. The number of hydrogen-bond acceptors (Lipinski definition) is 6. The van der Waals surface area contributed by atoms with Crippen LogP contribution in [-0.2, 0) is 14.8 Å². The number of aromatic nitrogens is 2. The average Bonchev–Trinajstić information content (AvgIpc) is 3.27. The first-order valence-corrected chi connectivity index (χ1v) is 10.9. The van der Waals surface area contributed by atoms with E-state index in [1.807, 2.05) is 30.3 Å². The van der Waals surface area contributed by atoms with Gasteiger partial charge in [-0.15, -0.1) is 5.10 Å². The maximum absolute atomic E-state index is 12.7. The standard InChI is InChI=1S/C18H20N4O3S.CH2O2/c1-26(24,25)22-11-14-10-21(18(23)16-8-5-9-19-20-16)12-15(14)17(22)13-6-3-2-4-7-13;2-1-3/h2-9,14-15,17H,10-12H2,1H3;1H,(H,2,3)/t14-,15-,17+;/m1./s1. The molecule has 0 saturated carbocycles. The zero-order chi connectivity index (χ0) is 21.0. The Balaban J connectivity index is 0.000000755. The molecule has 3 heterocycles. The first-order chi connectivity index (χ1) is 13.9. The van der Waals surface area contributed by atoms with Crippen molar-refractivity contribution in [1.82, 2.24) is 19.4 Å². The molecule has 9 nitrogen and oxygen atoms in total. The van der Waals surface area contributed by atoms with Crippen LogP contribution in [-0.4, -0.2) is 71.2 Å². The minimum atomic E-state index is -3.32. The molecule has 2 fully saturated rings. The minimum Gasteiger partial charge on any atom is -0.483 e. The number of nitrogens with zero attached hydrogens (tertiary/aromatic N) is 4. The van der Waals surface area contributed by atoms with Crippen molar-refractivity contribution in [1.29, 1.82) is 0 Å². The Labute approximate surface area is 169 Å². The van der Waals surface area contributed by atoms with Crippen molar-refractivity contribution in [3.05, 3.63) is 59.9 Å². The van der Waals surface area contributed by atoms with E-state index in [0.29, 0.717) is 25.3 Å². The van der Waals surface area contributed by atoms with Crippen molar-refractivity contribution in [3.63, 3.8) is 0 Å². The molecule has 2 aliphatic rings. The molecule has 0 aliphatic carbocycles. The molecule has 0 unspecified atom stereocenters. The lowest BCUT2D eigenvalue weighted by molar-refractivity contribution is -0.122. The van der Waals surface area contributed by atoms with Crippen LogP contribution in [0.5, 0.6) is 0 Å². The molecule has 1 aromatic carbocycles. The van der Waals surface area contributed by atoms with Gasteiger partial charge in [0.1, 0.15) is 0 Å². The molecule has 2 saturated heterocycles. The summed E-state index contributed by atoms with van der Waals surface area (Å²) in [7, 11) is -3.32. The van der Waals surface area contributed by atoms with Crippen molar-refractivity contribution in [2.75, 3.05) is 25.9 Å². The molecule has 1 N–H and O–H groups in total. The van der Waals surface area contributed by atoms with Crippen molar-refractivity contribution in [2.24, 2.45) is 11.8 Å². The number of carboxylic acid groups (broad SMARTS) is 1. The number of amides is 1. The lowest BCUT2D eigenvalue weighted by atomic mass is 9.90. The van der Waals surface area contributed by atoms with E-state index < -0.39 is 10.0 Å².